The summed E-state index contributed by atoms with van der Waals surface area (Å²) in [5, 5.41) is 0. The Kier molecular flexibility index (Phi) is 4.35. The van der Waals surface area contributed by atoms with E-state index in [0.717, 1.165) is 0 Å². The average molecular weight is 311 g/mol. The van der Waals surface area contributed by atoms with E-state index in [-0.39, 0.29) is 30.6 Å². The molecular formula is C15H25N3O4. The summed E-state index contributed by atoms with van der Waals surface area (Å²) >= 11 is 0. The number of amides is 4. The largest absolute Gasteiger partial charge is 0.444 e. The zero-order valence-electron chi connectivity index (χ0n) is 14.0. The maximum atomic E-state index is 12.3. The first-order valence-corrected chi connectivity index (χ1v) is 7.70. The second-order valence-corrected chi connectivity index (χ2v) is 7.14. The van der Waals surface area contributed by atoms with Crippen LogP contribution in [0.5, 0.6) is 0 Å². The maximum absolute atomic E-state index is 12.3. The van der Waals surface area contributed by atoms with E-state index in [4.69, 9.17) is 4.74 Å². The number of urea groups is 1. The third-order valence-corrected chi connectivity index (χ3v) is 3.83. The molecule has 124 valence electrons. The molecule has 0 aliphatic carbocycles. The summed E-state index contributed by atoms with van der Waals surface area (Å²) in [5.41, 5.74) is -0.553. The molecule has 2 aliphatic rings. The van der Waals surface area contributed by atoms with Crippen LogP contribution in [0.2, 0.25) is 0 Å². The van der Waals surface area contributed by atoms with E-state index in [1.54, 1.807) is 9.80 Å². The molecule has 2 rings (SSSR count). The third-order valence-electron chi connectivity index (χ3n) is 3.83. The molecule has 2 heterocycles. The Labute approximate surface area is 131 Å². The van der Waals surface area contributed by atoms with Crippen LogP contribution >= 0.6 is 0 Å². The van der Waals surface area contributed by atoms with Crippen molar-refractivity contribution < 1.29 is 19.1 Å². The van der Waals surface area contributed by atoms with Crippen molar-refractivity contribution in [3.8, 4) is 0 Å². The Bertz CT molecular complexity index is 484. The summed E-state index contributed by atoms with van der Waals surface area (Å²) in [4.78, 5) is 41.0. The maximum Gasteiger partial charge on any atom is 0.410 e. The van der Waals surface area contributed by atoms with Gasteiger partial charge in [0, 0.05) is 19.1 Å². The summed E-state index contributed by atoms with van der Waals surface area (Å²) in [7, 11) is 0. The van der Waals surface area contributed by atoms with Crippen LogP contribution in [-0.2, 0) is 9.53 Å². The first-order chi connectivity index (χ1) is 10.1. The third kappa shape index (κ3) is 3.34. The average Bonchev–Trinajstić information content (AvgIpc) is 2.92. The molecule has 2 saturated heterocycles. The summed E-state index contributed by atoms with van der Waals surface area (Å²) in [6, 6.07) is -0.517. The molecular weight excluding hydrogens is 286 g/mol. The van der Waals surface area contributed by atoms with Gasteiger partial charge in [-0.15, -0.1) is 0 Å². The molecule has 7 heteroatoms. The van der Waals surface area contributed by atoms with Crippen molar-refractivity contribution in [1.29, 1.82) is 0 Å². The molecule has 0 N–H and O–H groups in total. The van der Waals surface area contributed by atoms with Crippen molar-refractivity contribution in [2.24, 2.45) is 0 Å². The van der Waals surface area contributed by atoms with E-state index in [2.05, 4.69) is 0 Å². The van der Waals surface area contributed by atoms with Gasteiger partial charge in [-0.25, -0.2) is 9.59 Å². The van der Waals surface area contributed by atoms with Gasteiger partial charge in [-0.1, -0.05) is 0 Å². The zero-order chi connectivity index (χ0) is 16.7. The first kappa shape index (κ1) is 16.6. The standard InChI is InChI=1S/C15H25N3O4/c1-10(2)17-9-12(19)18(13(17)20)11-6-7-16(8-11)14(21)22-15(3,4)5/h10-11H,6-9H2,1-5H3. The highest BCUT2D eigenvalue weighted by atomic mass is 16.6. The van der Waals surface area contributed by atoms with Crippen LogP contribution in [0, 0.1) is 0 Å². The van der Waals surface area contributed by atoms with E-state index in [1.165, 1.54) is 4.90 Å². The molecule has 1 unspecified atom stereocenters. The second-order valence-electron chi connectivity index (χ2n) is 7.14. The molecule has 0 spiro atoms. The molecule has 0 aromatic rings. The predicted molar refractivity (Wildman–Crippen MR) is 80.3 cm³/mol. The summed E-state index contributed by atoms with van der Waals surface area (Å²) in [6.07, 6.45) is 0.206. The summed E-state index contributed by atoms with van der Waals surface area (Å²) in [5.74, 6) is -0.185. The highest BCUT2D eigenvalue weighted by molar-refractivity contribution is 6.02. The number of imide groups is 1. The van der Waals surface area contributed by atoms with Gasteiger partial charge in [-0.2, -0.15) is 0 Å². The molecule has 0 radical (unpaired) electrons. The molecule has 0 aromatic carbocycles. The fourth-order valence-electron chi connectivity index (χ4n) is 2.74. The van der Waals surface area contributed by atoms with Crippen molar-refractivity contribution in [2.75, 3.05) is 19.6 Å². The van der Waals surface area contributed by atoms with Crippen LogP contribution in [0.4, 0.5) is 9.59 Å². The lowest BCUT2D eigenvalue weighted by atomic mass is 10.2. The van der Waals surface area contributed by atoms with Gasteiger partial charge in [-0.05, 0) is 41.0 Å². The van der Waals surface area contributed by atoms with E-state index in [0.29, 0.717) is 19.5 Å². The zero-order valence-corrected chi connectivity index (χ0v) is 14.0. The fourth-order valence-corrected chi connectivity index (χ4v) is 2.74. The van der Waals surface area contributed by atoms with Crippen LogP contribution in [-0.4, -0.2) is 70.1 Å². The Morgan fingerprint density at radius 1 is 1.27 bits per heavy atom. The molecule has 0 bridgehead atoms. The number of likely N-dealkylation sites (tertiary alicyclic amines) is 1. The van der Waals surface area contributed by atoms with Crippen LogP contribution in [0.3, 0.4) is 0 Å². The topological polar surface area (TPSA) is 70.2 Å². The van der Waals surface area contributed by atoms with Gasteiger partial charge in [0.25, 0.3) is 5.91 Å². The molecule has 2 aliphatic heterocycles. The lowest BCUT2D eigenvalue weighted by Gasteiger charge is -2.26. The van der Waals surface area contributed by atoms with Crippen molar-refractivity contribution in [3.05, 3.63) is 0 Å². The molecule has 2 fully saturated rings. The number of hydrogen-bond donors (Lipinski definition) is 0. The highest BCUT2D eigenvalue weighted by Crippen LogP contribution is 2.24. The van der Waals surface area contributed by atoms with E-state index < -0.39 is 11.7 Å². The first-order valence-electron chi connectivity index (χ1n) is 7.70. The minimum Gasteiger partial charge on any atom is -0.444 e. The molecule has 7 nitrogen and oxygen atoms in total. The van der Waals surface area contributed by atoms with E-state index in [9.17, 15) is 14.4 Å². The van der Waals surface area contributed by atoms with Gasteiger partial charge in [0.1, 0.15) is 12.1 Å². The number of rotatable bonds is 2. The molecule has 0 saturated carbocycles. The molecule has 1 atom stereocenters. The van der Waals surface area contributed by atoms with Crippen molar-refractivity contribution in [3.63, 3.8) is 0 Å². The molecule has 4 amide bonds. The Balaban J connectivity index is 2.00. The number of hydrogen-bond acceptors (Lipinski definition) is 4. The van der Waals surface area contributed by atoms with Gasteiger partial charge in [0.2, 0.25) is 0 Å². The smallest absolute Gasteiger partial charge is 0.410 e. The second kappa shape index (κ2) is 5.78. The van der Waals surface area contributed by atoms with Gasteiger partial charge >= 0.3 is 12.1 Å². The minimum absolute atomic E-state index is 0.00943. The van der Waals surface area contributed by atoms with E-state index in [1.807, 2.05) is 34.6 Å². The van der Waals surface area contributed by atoms with Gasteiger partial charge < -0.3 is 14.5 Å². The van der Waals surface area contributed by atoms with Crippen LogP contribution in [0.25, 0.3) is 0 Å². The lowest BCUT2D eigenvalue weighted by molar-refractivity contribution is -0.126. The Morgan fingerprint density at radius 2 is 1.91 bits per heavy atom. The summed E-state index contributed by atoms with van der Waals surface area (Å²) < 4.78 is 5.33. The lowest BCUT2D eigenvalue weighted by Crippen LogP contribution is -2.44. The quantitative estimate of drug-likeness (QED) is 0.727. The number of nitrogens with zero attached hydrogens (tertiary/aromatic N) is 3. The van der Waals surface area contributed by atoms with Crippen LogP contribution < -0.4 is 0 Å². The van der Waals surface area contributed by atoms with E-state index >= 15 is 0 Å². The minimum atomic E-state index is -0.553. The van der Waals surface area contributed by atoms with Crippen LogP contribution in [0.1, 0.15) is 41.0 Å². The number of carbonyl (C=O) groups excluding carboxylic acids is 3. The summed E-state index contributed by atoms with van der Waals surface area (Å²) in [6.45, 7) is 10.2. The Hall–Kier alpha value is -1.79. The van der Waals surface area contributed by atoms with Gasteiger partial charge in [0.05, 0.1) is 6.04 Å². The Morgan fingerprint density at radius 3 is 2.41 bits per heavy atom. The number of ether oxygens (including phenoxy) is 1. The normalized spacial score (nSPS) is 23.0. The fraction of sp³-hybridized carbons (Fsp3) is 0.800. The van der Waals surface area contributed by atoms with Crippen LogP contribution in [0.15, 0.2) is 0 Å². The molecule has 22 heavy (non-hydrogen) atoms. The van der Waals surface area contributed by atoms with Crippen molar-refractivity contribution >= 4 is 18.0 Å². The van der Waals surface area contributed by atoms with Gasteiger partial charge in [-0.3, -0.25) is 9.69 Å². The highest BCUT2D eigenvalue weighted by Gasteiger charge is 2.44. The monoisotopic (exact) mass is 311 g/mol. The van der Waals surface area contributed by atoms with Gasteiger partial charge in [0.15, 0.2) is 0 Å². The SMILES string of the molecule is CC(C)N1CC(=O)N(C2CCN(C(=O)OC(C)(C)C)C2)C1=O. The van der Waals surface area contributed by atoms with Crippen molar-refractivity contribution in [2.45, 2.75) is 58.7 Å². The molecule has 0 aromatic heterocycles. The number of carbonyl (C=O) groups is 3. The predicted octanol–water partition coefficient (Wildman–Crippen LogP) is 1.67. The van der Waals surface area contributed by atoms with Crippen molar-refractivity contribution in [1.82, 2.24) is 14.7 Å².